The second-order valence-corrected chi connectivity index (χ2v) is 19.8. The molecule has 6 aromatic carbocycles. The van der Waals surface area contributed by atoms with Crippen molar-refractivity contribution in [1.29, 1.82) is 0 Å². The summed E-state index contributed by atoms with van der Waals surface area (Å²) in [5.41, 5.74) is 2.54. The highest BCUT2D eigenvalue weighted by Gasteiger charge is 2.33. The van der Waals surface area contributed by atoms with Crippen LogP contribution in [0.15, 0.2) is 143 Å². The minimum atomic E-state index is -3.94. The molecule has 0 aliphatic carbocycles. The van der Waals surface area contributed by atoms with Crippen molar-refractivity contribution in [3.05, 3.63) is 166 Å². The van der Waals surface area contributed by atoms with Crippen LogP contribution in [0.2, 0.25) is 10.0 Å². The summed E-state index contributed by atoms with van der Waals surface area (Å²) in [6, 6.07) is 34.2. The lowest BCUT2D eigenvalue weighted by Gasteiger charge is -2.17. The number of phenols is 2. The van der Waals surface area contributed by atoms with Crippen LogP contribution in [0.1, 0.15) is 52.1 Å². The van der Waals surface area contributed by atoms with Gasteiger partial charge in [-0.25, -0.2) is 16.8 Å². The summed E-state index contributed by atoms with van der Waals surface area (Å²) in [5.74, 6) is -3.17. The van der Waals surface area contributed by atoms with Crippen LogP contribution in [0.3, 0.4) is 0 Å². The van der Waals surface area contributed by atoms with Crippen molar-refractivity contribution < 1.29 is 46.2 Å². The molecule has 0 fully saturated rings. The molecule has 14 nitrogen and oxygen atoms in total. The monoisotopic (exact) mass is 958 g/mol. The highest BCUT2D eigenvalue weighted by molar-refractivity contribution is 7.93. The average molecular weight is 960 g/mol. The molecule has 65 heavy (non-hydrogen) atoms. The van der Waals surface area contributed by atoms with Crippen molar-refractivity contribution >= 4 is 89.3 Å². The molecule has 4 amide bonds. The van der Waals surface area contributed by atoms with Crippen molar-refractivity contribution in [3.8, 4) is 11.5 Å². The summed E-state index contributed by atoms with van der Waals surface area (Å²) >= 11 is 12.4. The first-order valence-corrected chi connectivity index (χ1v) is 23.6. The predicted molar refractivity (Wildman–Crippen MR) is 253 cm³/mol. The molecule has 2 atom stereocenters. The largest absolute Gasteiger partial charge is 0.506 e. The Bertz CT molecular complexity index is 2960. The van der Waals surface area contributed by atoms with Crippen LogP contribution in [-0.4, -0.2) is 61.2 Å². The molecule has 2 unspecified atom stereocenters. The molecule has 0 heterocycles. The lowest BCUT2D eigenvalue weighted by atomic mass is 10.2. The van der Waals surface area contributed by atoms with Crippen molar-refractivity contribution in [2.24, 2.45) is 0 Å². The van der Waals surface area contributed by atoms with E-state index in [2.05, 4.69) is 21.3 Å². The van der Waals surface area contributed by atoms with Crippen molar-refractivity contribution in [2.75, 3.05) is 21.3 Å². The topological polar surface area (TPSA) is 225 Å². The number of hydrogen-bond acceptors (Lipinski definition) is 10. The van der Waals surface area contributed by atoms with Crippen molar-refractivity contribution in [1.82, 2.24) is 0 Å². The average Bonchev–Trinajstić information content (AvgIpc) is 3.27. The maximum Gasteiger partial charge on any atom is 0.255 e. The Morgan fingerprint density at radius 3 is 1.43 bits per heavy atom. The van der Waals surface area contributed by atoms with Gasteiger partial charge in [-0.2, -0.15) is 0 Å². The minimum Gasteiger partial charge on any atom is -0.506 e. The van der Waals surface area contributed by atoms with Gasteiger partial charge in [0.25, 0.3) is 11.8 Å². The molecule has 0 bridgehead atoms. The molecule has 0 aliphatic rings. The standard InChI is InChI=1S/C24H23ClN2O5S.C23H21ClN2O5S/c1-3-22(33(31,32)17-11-9-15(2)10-12-17)24(30)26-19-14-21(28)20(13-18(19)25)27-23(29)16-7-5-4-6-8-16;1-14-7-6-10-17(11-14)32(30,31)15(2)22(28)25-19-13-21(27)20(12-18(19)24)26-23(29)16-8-4-3-5-9-16/h4-14,22,28H,3H2,1-2H3,(H,26,30)(H,27,29);3-13,15,27H,1-2H3,(H,25,28)(H,26,29). The van der Waals surface area contributed by atoms with E-state index < -0.39 is 53.8 Å². The summed E-state index contributed by atoms with van der Waals surface area (Å²) in [6.45, 7) is 6.46. The number of phenolic OH excluding ortho intramolecular Hbond substituents is 2. The normalized spacial score (nSPS) is 12.1. The fourth-order valence-corrected chi connectivity index (χ4v) is 9.52. The van der Waals surface area contributed by atoms with E-state index >= 15 is 0 Å². The van der Waals surface area contributed by atoms with E-state index in [1.54, 1.807) is 98.8 Å². The van der Waals surface area contributed by atoms with Gasteiger partial charge in [0.2, 0.25) is 11.8 Å². The second-order valence-electron chi connectivity index (χ2n) is 14.6. The zero-order chi connectivity index (χ0) is 47.6. The lowest BCUT2D eigenvalue weighted by Crippen LogP contribution is -2.34. The van der Waals surface area contributed by atoms with Gasteiger partial charge in [-0.05, 0) is 93.4 Å². The first-order chi connectivity index (χ1) is 30.7. The maximum absolute atomic E-state index is 13.0. The molecule has 338 valence electrons. The van der Waals surface area contributed by atoms with E-state index in [1.807, 2.05) is 6.92 Å². The maximum atomic E-state index is 13.0. The summed E-state index contributed by atoms with van der Waals surface area (Å²) in [6.07, 6.45) is 0.0386. The number of sulfone groups is 2. The first-order valence-electron chi connectivity index (χ1n) is 19.7. The number of aryl methyl sites for hydroxylation is 2. The summed E-state index contributed by atoms with van der Waals surface area (Å²) in [4.78, 5) is 50.2. The van der Waals surface area contributed by atoms with E-state index in [0.29, 0.717) is 11.1 Å². The van der Waals surface area contributed by atoms with Gasteiger partial charge in [-0.3, -0.25) is 19.2 Å². The molecule has 0 aliphatic heterocycles. The summed E-state index contributed by atoms with van der Waals surface area (Å²) < 4.78 is 51.5. The van der Waals surface area contributed by atoms with Crippen LogP contribution < -0.4 is 21.3 Å². The Morgan fingerprint density at radius 2 is 0.985 bits per heavy atom. The zero-order valence-corrected chi connectivity index (χ0v) is 38.4. The van der Waals surface area contributed by atoms with Gasteiger partial charge >= 0.3 is 0 Å². The Balaban J connectivity index is 0.000000244. The third-order valence-electron chi connectivity index (χ3n) is 9.79. The number of nitrogens with one attached hydrogen (secondary N) is 4. The minimum absolute atomic E-state index is 0.0122. The smallest absolute Gasteiger partial charge is 0.255 e. The van der Waals surface area contributed by atoms with Gasteiger partial charge in [0.15, 0.2) is 19.7 Å². The zero-order valence-electron chi connectivity index (χ0n) is 35.3. The molecule has 6 N–H and O–H groups in total. The van der Waals surface area contributed by atoms with E-state index in [9.17, 15) is 46.2 Å². The molecule has 18 heteroatoms. The van der Waals surface area contributed by atoms with Crippen LogP contribution in [-0.2, 0) is 29.3 Å². The quantitative estimate of drug-likeness (QED) is 0.0602. The van der Waals surface area contributed by atoms with Gasteiger partial charge in [0, 0.05) is 23.3 Å². The van der Waals surface area contributed by atoms with E-state index in [-0.39, 0.29) is 60.5 Å². The number of carbonyl (C=O) groups is 4. The van der Waals surface area contributed by atoms with E-state index in [0.717, 1.165) is 23.3 Å². The number of halogens is 2. The molecule has 6 aromatic rings. The summed E-state index contributed by atoms with van der Waals surface area (Å²) in [7, 11) is -7.87. The number of aromatic hydroxyl groups is 2. The number of rotatable bonds is 13. The van der Waals surface area contributed by atoms with Gasteiger partial charge in [0.1, 0.15) is 22.0 Å². The lowest BCUT2D eigenvalue weighted by molar-refractivity contribution is -0.116. The highest BCUT2D eigenvalue weighted by Crippen LogP contribution is 2.36. The van der Waals surface area contributed by atoms with Crippen molar-refractivity contribution in [3.63, 3.8) is 0 Å². The van der Waals surface area contributed by atoms with Crippen LogP contribution in [0.5, 0.6) is 11.5 Å². The Kier molecular flexibility index (Phi) is 16.2. The van der Waals surface area contributed by atoms with Crippen LogP contribution in [0.4, 0.5) is 22.7 Å². The highest BCUT2D eigenvalue weighted by atomic mass is 35.5. The van der Waals surface area contributed by atoms with Gasteiger partial charge < -0.3 is 31.5 Å². The number of carbonyl (C=O) groups excluding carboxylic acids is 4. The number of benzene rings is 6. The fraction of sp³-hybridized carbons (Fsp3) is 0.149. The molecular formula is C47H44Cl2N4O10S2. The summed E-state index contributed by atoms with van der Waals surface area (Å²) in [5, 5.41) is 27.9. The van der Waals surface area contributed by atoms with Crippen LogP contribution >= 0.6 is 23.2 Å². The van der Waals surface area contributed by atoms with E-state index in [1.165, 1.54) is 43.3 Å². The number of amides is 4. The van der Waals surface area contributed by atoms with Crippen molar-refractivity contribution in [2.45, 2.75) is 54.4 Å². The van der Waals surface area contributed by atoms with Gasteiger partial charge in [-0.15, -0.1) is 0 Å². The fourth-order valence-electron chi connectivity index (χ4n) is 6.11. The predicted octanol–water partition coefficient (Wildman–Crippen LogP) is 9.20. The second kappa shape index (κ2) is 21.3. The molecule has 0 saturated heterocycles. The van der Waals surface area contributed by atoms with Crippen LogP contribution in [0, 0.1) is 13.8 Å². The van der Waals surface area contributed by atoms with Gasteiger partial charge in [-0.1, -0.05) is 96.4 Å². The molecule has 0 saturated carbocycles. The number of hydrogen-bond donors (Lipinski definition) is 6. The SMILES string of the molecule is CCC(C(=O)Nc1cc(O)c(NC(=O)c2ccccc2)cc1Cl)S(=O)(=O)c1ccc(C)cc1.Cc1cccc(S(=O)(=O)C(C)C(=O)Nc2cc(O)c(NC(=O)c3ccccc3)cc2Cl)c1. The third-order valence-corrected chi connectivity index (χ3v) is 14.7. The van der Waals surface area contributed by atoms with Crippen LogP contribution in [0.25, 0.3) is 0 Å². The molecule has 0 radical (unpaired) electrons. The molecule has 0 aromatic heterocycles. The Labute approximate surface area is 386 Å². The molecule has 6 rings (SSSR count). The first kappa shape index (κ1) is 49.3. The Hall–Kier alpha value is -6.72. The molecular weight excluding hydrogens is 916 g/mol. The molecule has 0 spiro atoms. The van der Waals surface area contributed by atoms with E-state index in [4.69, 9.17) is 23.2 Å². The third kappa shape index (κ3) is 12.3. The van der Waals surface area contributed by atoms with Gasteiger partial charge in [0.05, 0.1) is 42.6 Å². The Morgan fingerprint density at radius 1 is 0.523 bits per heavy atom. The number of anilines is 4.